The normalized spacial score (nSPS) is 16.5. The fourth-order valence-corrected chi connectivity index (χ4v) is 4.66. The van der Waals surface area contributed by atoms with E-state index >= 15 is 0 Å². The molecular weight excluding hydrogens is 476 g/mol. The minimum Gasteiger partial charge on any atom is -0.317 e. The number of hydrazone groups is 1. The van der Waals surface area contributed by atoms with E-state index in [2.05, 4.69) is 10.1 Å². The smallest absolute Gasteiger partial charge is 0.289 e. The van der Waals surface area contributed by atoms with Crippen LogP contribution in [0.25, 0.3) is 11.8 Å². The van der Waals surface area contributed by atoms with Crippen molar-refractivity contribution in [3.8, 4) is 5.69 Å². The molecule has 0 saturated heterocycles. The van der Waals surface area contributed by atoms with E-state index in [1.807, 2.05) is 30.3 Å². The van der Waals surface area contributed by atoms with Crippen molar-refractivity contribution < 1.29 is 9.72 Å². The van der Waals surface area contributed by atoms with E-state index in [1.54, 1.807) is 29.0 Å². The second-order valence-electron chi connectivity index (χ2n) is 7.37. The molecule has 0 unspecified atom stereocenters. The number of carbonyl (C=O) groups excluding carboxylic acids is 1. The minimum atomic E-state index is -0.555. The van der Waals surface area contributed by atoms with Crippen molar-refractivity contribution in [1.82, 2.24) is 9.58 Å². The number of nitrogens with zero attached hydrogens (tertiary/aromatic N) is 5. The van der Waals surface area contributed by atoms with Crippen molar-refractivity contribution in [3.63, 3.8) is 0 Å². The molecule has 5 rings (SSSR count). The first-order valence-corrected chi connectivity index (χ1v) is 11.2. The Morgan fingerprint density at radius 3 is 2.71 bits per heavy atom. The number of nitrogens with one attached hydrogen (secondary N) is 1. The highest BCUT2D eigenvalue weighted by molar-refractivity contribution is 8.26. The summed E-state index contributed by atoms with van der Waals surface area (Å²) in [5, 5.41) is 26.8. The average Bonchev–Trinajstić information content (AvgIpc) is 3.44. The summed E-state index contributed by atoms with van der Waals surface area (Å²) in [6, 6.07) is 17.7. The maximum Gasteiger partial charge on any atom is 0.289 e. The van der Waals surface area contributed by atoms with Crippen LogP contribution in [0.3, 0.4) is 0 Å². The minimum absolute atomic E-state index is 0.0302. The zero-order valence-corrected chi connectivity index (χ0v) is 19.0. The summed E-state index contributed by atoms with van der Waals surface area (Å²) < 4.78 is 1.67. The highest BCUT2D eigenvalue weighted by atomic mass is 35.5. The van der Waals surface area contributed by atoms with Crippen LogP contribution in [-0.4, -0.2) is 36.5 Å². The quantitative estimate of drug-likeness (QED) is 0.310. The zero-order chi connectivity index (χ0) is 23.8. The molecule has 0 bridgehead atoms. The van der Waals surface area contributed by atoms with Gasteiger partial charge >= 0.3 is 0 Å². The van der Waals surface area contributed by atoms with Crippen LogP contribution in [0.15, 0.2) is 82.5 Å². The molecule has 0 aliphatic carbocycles. The number of hydrogen-bond acceptors (Lipinski definition) is 6. The van der Waals surface area contributed by atoms with Crippen LogP contribution in [0.4, 0.5) is 5.69 Å². The summed E-state index contributed by atoms with van der Waals surface area (Å²) in [5.41, 5.74) is 1.95. The van der Waals surface area contributed by atoms with E-state index in [0.29, 0.717) is 23.0 Å². The molecular formula is C23H15ClN6O3S. The monoisotopic (exact) mass is 490 g/mol. The predicted molar refractivity (Wildman–Crippen MR) is 133 cm³/mol. The third-order valence-electron chi connectivity index (χ3n) is 5.17. The van der Waals surface area contributed by atoms with Crippen LogP contribution in [0.5, 0.6) is 0 Å². The van der Waals surface area contributed by atoms with Gasteiger partial charge in [-0.05, 0) is 47.7 Å². The molecule has 0 fully saturated rings. The first kappa shape index (κ1) is 21.8. The fraction of sp³-hybridized carbons (Fsp3) is 0.0435. The van der Waals surface area contributed by atoms with Gasteiger partial charge in [-0.2, -0.15) is 15.1 Å². The van der Waals surface area contributed by atoms with Gasteiger partial charge < -0.3 is 4.57 Å². The molecule has 2 aliphatic heterocycles. The van der Waals surface area contributed by atoms with E-state index in [1.165, 1.54) is 35.0 Å². The van der Waals surface area contributed by atoms with Crippen molar-refractivity contribution in [2.24, 2.45) is 10.1 Å². The first-order valence-electron chi connectivity index (χ1n) is 10.1. The molecule has 1 aromatic heterocycles. The van der Waals surface area contributed by atoms with Gasteiger partial charge in [-0.25, -0.2) is 0 Å². The van der Waals surface area contributed by atoms with Crippen molar-refractivity contribution in [2.45, 2.75) is 6.42 Å². The SMILES string of the molecule is N=C1/C(=C/c2cccn2-c2ccc(Cl)c([N+](=O)[O-])c2)C(=O)N=C2SC(Cc3ccccc3)=NN12. The molecule has 9 nitrogen and oxygen atoms in total. The molecule has 0 saturated carbocycles. The lowest BCUT2D eigenvalue weighted by molar-refractivity contribution is -0.384. The molecule has 0 spiro atoms. The third-order valence-corrected chi connectivity index (χ3v) is 6.40. The summed E-state index contributed by atoms with van der Waals surface area (Å²) in [6.07, 6.45) is 3.80. The molecule has 3 heterocycles. The van der Waals surface area contributed by atoms with E-state index in [9.17, 15) is 14.9 Å². The Morgan fingerprint density at radius 1 is 1.15 bits per heavy atom. The number of fused-ring (bicyclic) bond motifs is 1. The van der Waals surface area contributed by atoms with Crippen LogP contribution >= 0.6 is 23.4 Å². The van der Waals surface area contributed by atoms with Gasteiger partial charge in [-0.3, -0.25) is 20.3 Å². The highest BCUT2D eigenvalue weighted by Crippen LogP contribution is 2.31. The number of carbonyl (C=O) groups is 1. The largest absolute Gasteiger partial charge is 0.317 e. The Labute approximate surface area is 202 Å². The van der Waals surface area contributed by atoms with Crippen LogP contribution in [0.2, 0.25) is 5.02 Å². The molecule has 3 aromatic rings. The number of amidine groups is 2. The van der Waals surface area contributed by atoms with Gasteiger partial charge in [0.1, 0.15) is 10.1 Å². The predicted octanol–water partition coefficient (Wildman–Crippen LogP) is 4.90. The molecule has 1 amide bonds. The zero-order valence-electron chi connectivity index (χ0n) is 17.4. The van der Waals surface area contributed by atoms with E-state index in [4.69, 9.17) is 17.0 Å². The van der Waals surface area contributed by atoms with Crippen LogP contribution in [-0.2, 0) is 11.2 Å². The van der Waals surface area contributed by atoms with Gasteiger partial charge in [0.15, 0.2) is 5.84 Å². The highest BCUT2D eigenvalue weighted by Gasteiger charge is 2.35. The number of nitro groups is 1. The van der Waals surface area contributed by atoms with Gasteiger partial charge in [0.2, 0.25) is 5.17 Å². The maximum absolute atomic E-state index is 12.8. The van der Waals surface area contributed by atoms with Gasteiger partial charge in [-0.1, -0.05) is 41.9 Å². The molecule has 2 aromatic carbocycles. The number of nitro benzene ring substituents is 1. The van der Waals surface area contributed by atoms with Gasteiger partial charge in [-0.15, -0.1) is 0 Å². The standard InChI is InChI=1S/C23H15ClN6O3S/c24-18-9-8-16(13-19(18)30(32)33)28-10-4-7-15(28)12-17-21(25)29-23(26-22(17)31)34-20(27-29)11-14-5-2-1-3-6-14/h1-10,12-13,25H,11H2/b17-12-,25-21?. The number of halogens is 1. The Balaban J connectivity index is 1.46. The number of rotatable bonds is 5. The van der Waals surface area contributed by atoms with Gasteiger partial charge in [0.25, 0.3) is 11.6 Å². The summed E-state index contributed by atoms with van der Waals surface area (Å²) in [6.45, 7) is 0. The van der Waals surface area contributed by atoms with Crippen LogP contribution in [0, 0.1) is 15.5 Å². The Kier molecular flexibility index (Phi) is 5.60. The fourth-order valence-electron chi connectivity index (χ4n) is 3.56. The summed E-state index contributed by atoms with van der Waals surface area (Å²) in [7, 11) is 0. The van der Waals surface area contributed by atoms with E-state index in [-0.39, 0.29) is 22.1 Å². The lowest BCUT2D eigenvalue weighted by Gasteiger charge is -2.20. The second-order valence-corrected chi connectivity index (χ2v) is 8.82. The van der Waals surface area contributed by atoms with Crippen molar-refractivity contribution in [3.05, 3.63) is 98.8 Å². The lowest BCUT2D eigenvalue weighted by atomic mass is 10.1. The summed E-state index contributed by atoms with van der Waals surface area (Å²) in [5.74, 6) is -0.629. The van der Waals surface area contributed by atoms with Gasteiger partial charge in [0, 0.05) is 24.4 Å². The van der Waals surface area contributed by atoms with Crippen molar-refractivity contribution in [1.29, 1.82) is 5.41 Å². The molecule has 168 valence electrons. The Hall–Kier alpha value is -4.02. The summed E-state index contributed by atoms with van der Waals surface area (Å²) >= 11 is 7.20. The molecule has 34 heavy (non-hydrogen) atoms. The molecule has 0 radical (unpaired) electrons. The number of benzene rings is 2. The summed E-state index contributed by atoms with van der Waals surface area (Å²) in [4.78, 5) is 27.6. The topological polar surface area (TPSA) is 117 Å². The Bertz CT molecular complexity index is 1440. The number of thioether (sulfide) groups is 1. The molecule has 2 aliphatic rings. The van der Waals surface area contributed by atoms with E-state index < -0.39 is 10.8 Å². The Morgan fingerprint density at radius 2 is 1.94 bits per heavy atom. The van der Waals surface area contributed by atoms with Crippen LogP contribution < -0.4 is 0 Å². The second kappa shape index (κ2) is 8.73. The van der Waals surface area contributed by atoms with Gasteiger partial charge in [0.05, 0.1) is 16.2 Å². The molecule has 11 heteroatoms. The number of aliphatic imine (C=N–C) groups is 1. The lowest BCUT2D eigenvalue weighted by Crippen LogP contribution is -2.35. The first-order chi connectivity index (χ1) is 16.4. The van der Waals surface area contributed by atoms with Crippen molar-refractivity contribution in [2.75, 3.05) is 0 Å². The van der Waals surface area contributed by atoms with Crippen molar-refractivity contribution >= 4 is 57.1 Å². The molecule has 1 N–H and O–H groups in total. The van der Waals surface area contributed by atoms with Crippen LogP contribution in [0.1, 0.15) is 11.3 Å². The number of hydrogen-bond donors (Lipinski definition) is 1. The number of amides is 1. The average molecular weight is 491 g/mol. The number of aromatic nitrogens is 1. The van der Waals surface area contributed by atoms with E-state index in [0.717, 1.165) is 10.6 Å². The molecule has 0 atom stereocenters. The third kappa shape index (κ3) is 4.04. The maximum atomic E-state index is 12.8.